The molecule has 2 nitrogen and oxygen atoms in total. The summed E-state index contributed by atoms with van der Waals surface area (Å²) in [6.45, 7) is 27.4. The molecule has 0 saturated heterocycles. The molecule has 0 spiro atoms. The first-order valence-electron chi connectivity index (χ1n) is 7.55. The molecular weight excluding hydrogens is 331 g/mol. The molecule has 2 unspecified atom stereocenters. The van der Waals surface area contributed by atoms with Gasteiger partial charge in [-0.3, -0.25) is 9.59 Å². The summed E-state index contributed by atoms with van der Waals surface area (Å²) in [5, 5.41) is 0. The van der Waals surface area contributed by atoms with Crippen LogP contribution < -0.4 is 0 Å². The van der Waals surface area contributed by atoms with Crippen molar-refractivity contribution >= 4 is 13.6 Å². The normalized spacial score (nSPS) is 24.0. The summed E-state index contributed by atoms with van der Waals surface area (Å²) in [7, 11) is 0. The van der Waals surface area contributed by atoms with Gasteiger partial charge in [-0.2, -0.15) is 0 Å². The number of hydrogen-bond donors (Lipinski definition) is 0. The molecule has 127 valence electrons. The van der Waals surface area contributed by atoms with E-state index in [2.05, 4.69) is 69.0 Å². The third kappa shape index (κ3) is 4.02. The van der Waals surface area contributed by atoms with Gasteiger partial charge >= 0.3 is 124 Å². The van der Waals surface area contributed by atoms with E-state index in [9.17, 15) is 0 Å². The zero-order chi connectivity index (χ0) is 18.5. The fraction of sp³-hybridized carbons (Fsp3) is 0.500. The van der Waals surface area contributed by atoms with E-state index >= 15 is 0 Å². The van der Waals surface area contributed by atoms with Gasteiger partial charge in [-0.05, 0) is 0 Å². The van der Waals surface area contributed by atoms with Crippen LogP contribution in [0.1, 0.15) is 55.4 Å². The number of hydrogen-bond acceptors (Lipinski definition) is 2. The van der Waals surface area contributed by atoms with Crippen LogP contribution in [-0.4, -0.2) is 13.6 Å². The van der Waals surface area contributed by atoms with E-state index in [1.807, 2.05) is 0 Å². The van der Waals surface area contributed by atoms with Gasteiger partial charge in [0, 0.05) is 0 Å². The average Bonchev–Trinajstić information content (AvgIpc) is 2.88. The molecular formula is C20H26CoO2. The van der Waals surface area contributed by atoms with Gasteiger partial charge in [0.2, 0.25) is 0 Å². The molecule has 2 aliphatic carbocycles. The van der Waals surface area contributed by atoms with E-state index in [4.69, 9.17) is 9.59 Å². The van der Waals surface area contributed by atoms with Crippen molar-refractivity contribution in [1.29, 1.82) is 0 Å². The van der Waals surface area contributed by atoms with Crippen molar-refractivity contribution < 1.29 is 24.3 Å². The second-order valence-corrected chi connectivity index (χ2v) is 7.42. The predicted molar refractivity (Wildman–Crippen MR) is 91.9 cm³/mol. The molecule has 0 fully saturated rings. The molecule has 2 rings (SSSR count). The van der Waals surface area contributed by atoms with Gasteiger partial charge in [0.15, 0.2) is 0 Å². The average molecular weight is 357 g/mol. The minimum atomic E-state index is 0.619. The van der Waals surface area contributed by atoms with Crippen LogP contribution >= 0.6 is 0 Å². The zero-order valence-electron chi connectivity index (χ0n) is 15.3. The minimum Gasteiger partial charge on any atom is -0.281 e. The van der Waals surface area contributed by atoms with Gasteiger partial charge in [0.1, 0.15) is 0 Å². The SMILES string of the molecule is CC1=C(C)C(C)[C]([Co][C]2=C(C)C(C)=C(C)C2C)=C1C.[C]=O.[C]=O. The minimum absolute atomic E-state index is 0.619. The van der Waals surface area contributed by atoms with E-state index < -0.39 is 0 Å². The molecule has 0 aromatic carbocycles. The monoisotopic (exact) mass is 357 g/mol. The van der Waals surface area contributed by atoms with Gasteiger partial charge in [-0.25, -0.2) is 0 Å². The van der Waals surface area contributed by atoms with E-state index in [0.29, 0.717) is 11.8 Å². The molecule has 0 N–H and O–H groups in total. The van der Waals surface area contributed by atoms with Crippen LogP contribution in [0.15, 0.2) is 42.5 Å². The molecule has 0 aromatic heterocycles. The predicted octanol–water partition coefficient (Wildman–Crippen LogP) is 4.79. The van der Waals surface area contributed by atoms with Crippen molar-refractivity contribution in [1.82, 2.24) is 0 Å². The standard InChI is InChI=1S/2C9H13.2CO.Co/c2*1-6-5-7(2)9(4)8(6)3;2*1-2;/h2*6H,1-4H3;;;. The Morgan fingerprint density at radius 1 is 0.609 bits per heavy atom. The van der Waals surface area contributed by atoms with Crippen molar-refractivity contribution in [3.05, 3.63) is 42.5 Å². The fourth-order valence-corrected chi connectivity index (χ4v) is 4.94. The fourth-order valence-electron chi connectivity index (χ4n) is 2.96. The van der Waals surface area contributed by atoms with Crippen LogP contribution in [0, 0.1) is 11.8 Å². The van der Waals surface area contributed by atoms with Gasteiger partial charge in [0.05, 0.1) is 0 Å². The van der Waals surface area contributed by atoms with Gasteiger partial charge in [0.25, 0.3) is 13.6 Å². The maximum Gasteiger partial charge on any atom is 0.281 e. The van der Waals surface area contributed by atoms with E-state index in [-0.39, 0.29) is 0 Å². The van der Waals surface area contributed by atoms with E-state index in [1.54, 1.807) is 20.2 Å². The van der Waals surface area contributed by atoms with E-state index in [1.165, 1.54) is 37.0 Å². The van der Waals surface area contributed by atoms with Gasteiger partial charge in [-0.1, -0.05) is 0 Å². The molecule has 0 heterocycles. The van der Waals surface area contributed by atoms with Crippen LogP contribution in [0.5, 0.6) is 0 Å². The van der Waals surface area contributed by atoms with Crippen LogP contribution in [0.3, 0.4) is 0 Å². The van der Waals surface area contributed by atoms with Gasteiger partial charge < -0.3 is 0 Å². The second-order valence-electron chi connectivity index (χ2n) is 6.04. The first kappa shape index (κ1) is 21.8. The van der Waals surface area contributed by atoms with Gasteiger partial charge in [-0.15, -0.1) is 0 Å². The summed E-state index contributed by atoms with van der Waals surface area (Å²) < 4.78 is 3.24. The molecule has 0 aromatic rings. The Bertz CT molecular complexity index is 539. The van der Waals surface area contributed by atoms with Crippen LogP contribution in [-0.2, 0) is 24.3 Å². The summed E-state index contributed by atoms with van der Waals surface area (Å²) in [5.74, 6) is 1.24. The quantitative estimate of drug-likeness (QED) is 0.712. The Labute approximate surface area is 147 Å². The molecule has 0 bridgehead atoms. The molecule has 0 saturated carbocycles. The maximum absolute atomic E-state index is 7.50. The van der Waals surface area contributed by atoms with Crippen LogP contribution in [0.25, 0.3) is 0 Å². The first-order chi connectivity index (χ1) is 10.8. The number of carbonyl (C=O) groups excluding carboxylic acids is 2. The Morgan fingerprint density at radius 2 is 0.870 bits per heavy atom. The maximum atomic E-state index is 7.50. The number of rotatable bonds is 2. The van der Waals surface area contributed by atoms with Crippen molar-refractivity contribution in [2.45, 2.75) is 55.4 Å². The molecule has 4 radical (unpaired) electrons. The molecule has 2 aliphatic rings. The topological polar surface area (TPSA) is 34.1 Å². The largest absolute Gasteiger partial charge is 0.281 e. The third-order valence-electron chi connectivity index (χ3n) is 5.19. The Balaban J connectivity index is 0.00000112. The summed E-state index contributed by atoms with van der Waals surface area (Å²) in [6, 6.07) is 0. The second kappa shape index (κ2) is 9.19. The smallest absolute Gasteiger partial charge is 0.281 e. The molecule has 2 atom stereocenters. The summed E-state index contributed by atoms with van der Waals surface area (Å²) in [6.07, 6.45) is 0. The summed E-state index contributed by atoms with van der Waals surface area (Å²) in [5.41, 5.74) is 9.20. The Morgan fingerprint density at radius 3 is 1.04 bits per heavy atom. The van der Waals surface area contributed by atoms with E-state index in [0.717, 1.165) is 0 Å². The summed E-state index contributed by atoms with van der Waals surface area (Å²) in [4.78, 5) is 15.0. The third-order valence-corrected chi connectivity index (χ3v) is 7.43. The van der Waals surface area contributed by atoms with Crippen molar-refractivity contribution in [2.75, 3.05) is 0 Å². The van der Waals surface area contributed by atoms with Crippen LogP contribution in [0.4, 0.5) is 0 Å². The first-order valence-corrected chi connectivity index (χ1v) is 8.59. The molecule has 0 amide bonds. The molecule has 23 heavy (non-hydrogen) atoms. The van der Waals surface area contributed by atoms with Crippen molar-refractivity contribution in [3.8, 4) is 0 Å². The summed E-state index contributed by atoms with van der Waals surface area (Å²) >= 11 is 1.50. The molecule has 3 heteroatoms. The zero-order valence-corrected chi connectivity index (χ0v) is 16.3. The Kier molecular flexibility index (Phi) is 8.71. The van der Waals surface area contributed by atoms with Crippen molar-refractivity contribution in [2.24, 2.45) is 11.8 Å². The number of allylic oxidation sites excluding steroid dienone is 8. The molecule has 0 aliphatic heterocycles. The Hall–Kier alpha value is -1.19. The van der Waals surface area contributed by atoms with Crippen LogP contribution in [0.2, 0.25) is 0 Å². The van der Waals surface area contributed by atoms with Crippen molar-refractivity contribution in [3.63, 3.8) is 0 Å².